The van der Waals surface area contributed by atoms with Crippen LogP contribution in [0.3, 0.4) is 0 Å². The van der Waals surface area contributed by atoms with Gasteiger partial charge in [-0.3, -0.25) is 4.79 Å². The second-order valence-electron chi connectivity index (χ2n) is 7.09. The lowest BCUT2D eigenvalue weighted by Crippen LogP contribution is -2.35. The predicted octanol–water partition coefficient (Wildman–Crippen LogP) is 4.13. The minimum atomic E-state index is -3.34. The molecule has 7 heteroatoms. The van der Waals surface area contributed by atoms with Gasteiger partial charge in [-0.15, -0.1) is 11.3 Å². The maximum Gasteiger partial charge on any atom is 0.362 e. The Kier molecular flexibility index (Phi) is 6.76. The highest BCUT2D eigenvalue weighted by Crippen LogP contribution is 2.25. The molecule has 150 valence electrons. The number of thiazole rings is 1. The lowest BCUT2D eigenvalue weighted by molar-refractivity contribution is 0.0950. The summed E-state index contributed by atoms with van der Waals surface area (Å²) in [4.78, 5) is 37.7. The van der Waals surface area contributed by atoms with Crippen molar-refractivity contribution in [1.82, 2.24) is 10.3 Å². The number of nitrogens with one attached hydrogen (secondary N) is 1. The number of hydrogen-bond donors (Lipinski definition) is 3. The monoisotopic (exact) mass is 424 g/mol. The highest BCUT2D eigenvalue weighted by Gasteiger charge is 2.29. The van der Waals surface area contributed by atoms with Gasteiger partial charge in [0.25, 0.3) is 5.91 Å². The Hall–Kier alpha value is -2.58. The Balaban J connectivity index is 1.62. The molecule has 0 aliphatic heterocycles. The Morgan fingerprint density at radius 2 is 1.93 bits per heavy atom. The molecule has 0 atom stereocenters. The van der Waals surface area contributed by atoms with Crippen molar-refractivity contribution in [2.45, 2.75) is 25.9 Å². The molecule has 0 aliphatic carbocycles. The highest BCUT2D eigenvalue weighted by molar-refractivity contribution is 7.16. The van der Waals surface area contributed by atoms with Crippen molar-refractivity contribution >= 4 is 31.9 Å². The van der Waals surface area contributed by atoms with Gasteiger partial charge in [-0.1, -0.05) is 74.5 Å². The van der Waals surface area contributed by atoms with Gasteiger partial charge in [0.05, 0.1) is 4.88 Å². The fourth-order valence-electron chi connectivity index (χ4n) is 2.59. The molecule has 0 bridgehead atoms. The van der Waals surface area contributed by atoms with Crippen LogP contribution < -0.4 is 5.32 Å². The summed E-state index contributed by atoms with van der Waals surface area (Å²) in [5, 5.41) is 3.32. The first-order chi connectivity index (χ1) is 13.8. The SMILES string of the molecule is CC(C)[Si](O)(O)/C=C/c1cccc(CNC(=O)c2ncc(-c3ccccc3)s2)c1. The lowest BCUT2D eigenvalue weighted by atomic mass is 10.1. The van der Waals surface area contributed by atoms with E-state index in [0.29, 0.717) is 11.6 Å². The molecule has 3 aromatic rings. The van der Waals surface area contributed by atoms with Crippen molar-refractivity contribution in [3.8, 4) is 10.4 Å². The number of rotatable bonds is 7. The second-order valence-corrected chi connectivity index (χ2v) is 11.2. The number of hydrogen-bond acceptors (Lipinski definition) is 5. The predicted molar refractivity (Wildman–Crippen MR) is 119 cm³/mol. The number of benzene rings is 2. The largest absolute Gasteiger partial charge is 0.408 e. The highest BCUT2D eigenvalue weighted by atomic mass is 32.1. The molecule has 2 aromatic carbocycles. The van der Waals surface area contributed by atoms with Crippen molar-refractivity contribution in [1.29, 1.82) is 0 Å². The molecule has 1 aromatic heterocycles. The van der Waals surface area contributed by atoms with Crippen LogP contribution >= 0.6 is 11.3 Å². The van der Waals surface area contributed by atoms with Crippen LogP contribution in [-0.2, 0) is 6.54 Å². The molecule has 0 saturated carbocycles. The van der Waals surface area contributed by atoms with E-state index in [1.165, 1.54) is 17.0 Å². The minimum absolute atomic E-state index is 0.180. The number of carbonyl (C=O) groups is 1. The molecule has 1 amide bonds. The van der Waals surface area contributed by atoms with Crippen LogP contribution in [0.4, 0.5) is 0 Å². The van der Waals surface area contributed by atoms with Crippen molar-refractivity contribution < 1.29 is 14.4 Å². The van der Waals surface area contributed by atoms with Gasteiger partial charge in [-0.2, -0.15) is 0 Å². The second kappa shape index (κ2) is 9.28. The first kappa shape index (κ1) is 21.1. The molecule has 1 heterocycles. The zero-order chi connectivity index (χ0) is 20.9. The first-order valence-corrected chi connectivity index (χ1v) is 12.2. The van der Waals surface area contributed by atoms with Gasteiger partial charge in [0.15, 0.2) is 5.01 Å². The third kappa shape index (κ3) is 5.71. The Labute approximate surface area is 175 Å². The molecule has 29 heavy (non-hydrogen) atoms. The van der Waals surface area contributed by atoms with E-state index in [4.69, 9.17) is 0 Å². The molecular weight excluding hydrogens is 400 g/mol. The maximum absolute atomic E-state index is 12.4. The van der Waals surface area contributed by atoms with Crippen LogP contribution in [0.2, 0.25) is 5.54 Å². The van der Waals surface area contributed by atoms with Gasteiger partial charge in [0, 0.05) is 18.3 Å². The zero-order valence-electron chi connectivity index (χ0n) is 16.4. The van der Waals surface area contributed by atoms with Gasteiger partial charge in [-0.05, 0) is 22.4 Å². The summed E-state index contributed by atoms with van der Waals surface area (Å²) in [6.07, 6.45) is 3.44. The van der Waals surface area contributed by atoms with E-state index in [1.807, 2.05) is 54.6 Å². The Bertz CT molecular complexity index is 1000. The molecule has 3 rings (SSSR count). The third-order valence-electron chi connectivity index (χ3n) is 4.53. The average Bonchev–Trinajstić information content (AvgIpc) is 3.22. The van der Waals surface area contributed by atoms with Crippen LogP contribution in [0.5, 0.6) is 0 Å². The third-order valence-corrected chi connectivity index (χ3v) is 7.94. The van der Waals surface area contributed by atoms with Crippen molar-refractivity contribution in [2.75, 3.05) is 0 Å². The van der Waals surface area contributed by atoms with Gasteiger partial charge in [0.1, 0.15) is 0 Å². The van der Waals surface area contributed by atoms with Gasteiger partial charge in [0.2, 0.25) is 0 Å². The van der Waals surface area contributed by atoms with Crippen LogP contribution in [0.1, 0.15) is 34.8 Å². The van der Waals surface area contributed by atoms with E-state index >= 15 is 0 Å². The lowest BCUT2D eigenvalue weighted by Gasteiger charge is -2.17. The van der Waals surface area contributed by atoms with Crippen molar-refractivity contribution in [3.63, 3.8) is 0 Å². The molecule has 0 radical (unpaired) electrons. The summed E-state index contributed by atoms with van der Waals surface area (Å²) >= 11 is 1.36. The number of aromatic nitrogens is 1. The van der Waals surface area contributed by atoms with E-state index in [0.717, 1.165) is 21.6 Å². The molecule has 3 N–H and O–H groups in total. The van der Waals surface area contributed by atoms with Gasteiger partial charge < -0.3 is 14.9 Å². The van der Waals surface area contributed by atoms with Crippen LogP contribution in [0.25, 0.3) is 16.5 Å². The van der Waals surface area contributed by atoms with Crippen LogP contribution in [0, 0.1) is 0 Å². The van der Waals surface area contributed by atoms with Crippen molar-refractivity contribution in [3.05, 3.63) is 82.6 Å². The molecule has 0 aliphatic rings. The molecular formula is C22H24N2O3SSi. The summed E-state index contributed by atoms with van der Waals surface area (Å²) in [7, 11) is -3.34. The summed E-state index contributed by atoms with van der Waals surface area (Å²) in [6.45, 7) is 3.96. The topological polar surface area (TPSA) is 82.5 Å². The standard InChI is InChI=1S/C22H24N2O3SSi/c1-16(2)29(26,27)12-11-17-7-6-8-18(13-17)14-23-21(25)22-24-15-20(28-22)19-9-4-3-5-10-19/h3-13,15-16,26-27H,14H2,1-2H3,(H,23,25)/b12-11+. The average molecular weight is 425 g/mol. The van der Waals surface area contributed by atoms with Gasteiger partial charge >= 0.3 is 8.56 Å². The van der Waals surface area contributed by atoms with E-state index in [2.05, 4.69) is 10.3 Å². The Morgan fingerprint density at radius 3 is 2.66 bits per heavy atom. The van der Waals surface area contributed by atoms with E-state index in [-0.39, 0.29) is 11.4 Å². The summed E-state index contributed by atoms with van der Waals surface area (Å²) in [6, 6.07) is 17.4. The Morgan fingerprint density at radius 1 is 1.17 bits per heavy atom. The zero-order valence-corrected chi connectivity index (χ0v) is 18.2. The summed E-state index contributed by atoms with van der Waals surface area (Å²) < 4.78 is 0. The molecule has 0 saturated heterocycles. The quantitative estimate of drug-likeness (QED) is 0.498. The fraction of sp³-hybridized carbons (Fsp3) is 0.182. The van der Waals surface area contributed by atoms with Crippen LogP contribution in [-0.4, -0.2) is 29.0 Å². The molecule has 5 nitrogen and oxygen atoms in total. The number of nitrogens with zero attached hydrogens (tertiary/aromatic N) is 1. The molecule has 0 spiro atoms. The fourth-order valence-corrected chi connectivity index (χ4v) is 4.25. The number of amides is 1. The smallest absolute Gasteiger partial charge is 0.362 e. The first-order valence-electron chi connectivity index (χ1n) is 9.37. The van der Waals surface area contributed by atoms with Crippen LogP contribution in [0.15, 0.2) is 66.5 Å². The summed E-state index contributed by atoms with van der Waals surface area (Å²) in [5.74, 6) is -0.213. The maximum atomic E-state index is 12.4. The summed E-state index contributed by atoms with van der Waals surface area (Å²) in [5.41, 5.74) is 4.15. The number of carbonyl (C=O) groups excluding carboxylic acids is 1. The van der Waals surface area contributed by atoms with E-state index < -0.39 is 8.56 Å². The van der Waals surface area contributed by atoms with E-state index in [1.54, 1.807) is 26.1 Å². The van der Waals surface area contributed by atoms with E-state index in [9.17, 15) is 14.4 Å². The van der Waals surface area contributed by atoms with Gasteiger partial charge in [-0.25, -0.2) is 4.98 Å². The molecule has 0 fully saturated rings. The normalized spacial score (nSPS) is 11.9. The minimum Gasteiger partial charge on any atom is -0.408 e. The molecule has 0 unspecified atom stereocenters. The van der Waals surface area contributed by atoms with Crippen molar-refractivity contribution in [2.24, 2.45) is 0 Å².